The minimum absolute atomic E-state index is 0.664. The second-order valence-corrected chi connectivity index (χ2v) is 5.06. The molecule has 0 bridgehead atoms. The molecule has 0 radical (unpaired) electrons. The highest BCUT2D eigenvalue weighted by atomic mass is 16.5. The topological polar surface area (TPSA) is 64.1 Å². The van der Waals surface area contributed by atoms with Gasteiger partial charge in [-0.3, -0.25) is 4.99 Å². The largest absolute Gasteiger partial charge is 0.382 e. The molecule has 132 valence electrons. The predicted octanol–water partition coefficient (Wildman–Crippen LogP) is 1.80. The van der Waals surface area contributed by atoms with Gasteiger partial charge in [0, 0.05) is 47.1 Å². The SMILES string of the molecule is CCCCOCCCNC(=NC)NCCCCOCCOC. The second-order valence-electron chi connectivity index (χ2n) is 5.06. The molecule has 0 rings (SSSR count). The van der Waals surface area contributed by atoms with Crippen LogP contribution in [0.5, 0.6) is 0 Å². The monoisotopic (exact) mass is 317 g/mol. The van der Waals surface area contributed by atoms with Crippen LogP contribution in [0.15, 0.2) is 4.99 Å². The maximum absolute atomic E-state index is 5.52. The van der Waals surface area contributed by atoms with E-state index in [9.17, 15) is 0 Å². The first-order valence-corrected chi connectivity index (χ1v) is 8.44. The van der Waals surface area contributed by atoms with Crippen LogP contribution in [0.4, 0.5) is 0 Å². The lowest BCUT2D eigenvalue weighted by atomic mass is 10.3. The first kappa shape index (κ1) is 21.1. The smallest absolute Gasteiger partial charge is 0.190 e. The molecule has 0 aliphatic carbocycles. The summed E-state index contributed by atoms with van der Waals surface area (Å²) >= 11 is 0. The van der Waals surface area contributed by atoms with Gasteiger partial charge >= 0.3 is 0 Å². The van der Waals surface area contributed by atoms with Crippen LogP contribution in [0.25, 0.3) is 0 Å². The summed E-state index contributed by atoms with van der Waals surface area (Å²) in [5.41, 5.74) is 0. The van der Waals surface area contributed by atoms with Gasteiger partial charge in [0.2, 0.25) is 0 Å². The summed E-state index contributed by atoms with van der Waals surface area (Å²) in [6.07, 6.45) is 5.43. The molecule has 0 unspecified atom stereocenters. The minimum atomic E-state index is 0.664. The molecule has 0 saturated carbocycles. The zero-order valence-corrected chi connectivity index (χ0v) is 14.7. The quantitative estimate of drug-likeness (QED) is 0.274. The Balaban J connectivity index is 3.33. The molecule has 2 N–H and O–H groups in total. The van der Waals surface area contributed by atoms with Crippen molar-refractivity contribution in [2.24, 2.45) is 4.99 Å². The highest BCUT2D eigenvalue weighted by Crippen LogP contribution is 1.90. The summed E-state index contributed by atoms with van der Waals surface area (Å²) in [7, 11) is 3.48. The van der Waals surface area contributed by atoms with Crippen molar-refractivity contribution in [3.8, 4) is 0 Å². The summed E-state index contributed by atoms with van der Waals surface area (Å²) < 4.78 is 15.9. The van der Waals surface area contributed by atoms with Crippen molar-refractivity contribution in [1.82, 2.24) is 10.6 Å². The molecule has 0 fully saturated rings. The summed E-state index contributed by atoms with van der Waals surface area (Å²) in [4.78, 5) is 4.20. The number of nitrogens with zero attached hydrogens (tertiary/aromatic N) is 1. The van der Waals surface area contributed by atoms with E-state index < -0.39 is 0 Å². The molecule has 0 heterocycles. The molecule has 0 aliphatic rings. The average molecular weight is 317 g/mol. The van der Waals surface area contributed by atoms with E-state index in [0.717, 1.165) is 64.6 Å². The highest BCUT2D eigenvalue weighted by Gasteiger charge is 1.97. The van der Waals surface area contributed by atoms with E-state index in [2.05, 4.69) is 22.5 Å². The van der Waals surface area contributed by atoms with E-state index in [4.69, 9.17) is 14.2 Å². The van der Waals surface area contributed by atoms with Gasteiger partial charge in [0.1, 0.15) is 0 Å². The lowest BCUT2D eigenvalue weighted by Gasteiger charge is -2.12. The Bertz CT molecular complexity index is 251. The van der Waals surface area contributed by atoms with E-state index in [1.807, 2.05) is 0 Å². The normalized spacial score (nSPS) is 11.7. The third-order valence-corrected chi connectivity index (χ3v) is 3.06. The molecule has 0 spiro atoms. The molecule has 0 aromatic heterocycles. The number of methoxy groups -OCH3 is 1. The Hall–Kier alpha value is -0.850. The second kappa shape index (κ2) is 18.2. The van der Waals surface area contributed by atoms with Crippen molar-refractivity contribution in [2.75, 3.05) is 60.3 Å². The number of guanidine groups is 1. The first-order valence-electron chi connectivity index (χ1n) is 8.44. The van der Waals surface area contributed by atoms with Crippen molar-refractivity contribution in [3.05, 3.63) is 0 Å². The van der Waals surface area contributed by atoms with Crippen LogP contribution in [0.3, 0.4) is 0 Å². The van der Waals surface area contributed by atoms with Crippen molar-refractivity contribution in [1.29, 1.82) is 0 Å². The molecule has 0 aromatic carbocycles. The van der Waals surface area contributed by atoms with E-state index in [1.165, 1.54) is 6.42 Å². The summed E-state index contributed by atoms with van der Waals surface area (Å²) in [5.74, 6) is 0.855. The maximum Gasteiger partial charge on any atom is 0.190 e. The van der Waals surface area contributed by atoms with Gasteiger partial charge < -0.3 is 24.8 Å². The zero-order valence-electron chi connectivity index (χ0n) is 14.7. The molecule has 6 heteroatoms. The number of hydrogen-bond acceptors (Lipinski definition) is 4. The average Bonchev–Trinajstić information content (AvgIpc) is 2.54. The van der Waals surface area contributed by atoms with Gasteiger partial charge in [-0.05, 0) is 25.7 Å². The van der Waals surface area contributed by atoms with Gasteiger partial charge in [-0.25, -0.2) is 0 Å². The Labute approximate surface area is 136 Å². The van der Waals surface area contributed by atoms with Gasteiger partial charge in [0.25, 0.3) is 0 Å². The fourth-order valence-corrected chi connectivity index (χ4v) is 1.73. The number of aliphatic imine (C=N–C) groups is 1. The molecule has 0 saturated heterocycles. The van der Waals surface area contributed by atoms with Gasteiger partial charge in [-0.1, -0.05) is 13.3 Å². The zero-order chi connectivity index (χ0) is 16.3. The predicted molar refractivity (Wildman–Crippen MR) is 91.6 cm³/mol. The van der Waals surface area contributed by atoms with Crippen LogP contribution in [-0.2, 0) is 14.2 Å². The third-order valence-electron chi connectivity index (χ3n) is 3.06. The lowest BCUT2D eigenvalue weighted by Crippen LogP contribution is -2.38. The van der Waals surface area contributed by atoms with Crippen molar-refractivity contribution in [3.63, 3.8) is 0 Å². The summed E-state index contributed by atoms with van der Waals surface area (Å²) in [6.45, 7) is 7.76. The van der Waals surface area contributed by atoms with E-state index >= 15 is 0 Å². The van der Waals surface area contributed by atoms with Crippen LogP contribution >= 0.6 is 0 Å². The summed E-state index contributed by atoms with van der Waals surface area (Å²) in [6, 6.07) is 0. The minimum Gasteiger partial charge on any atom is -0.382 e. The number of unbranched alkanes of at least 4 members (excludes halogenated alkanes) is 2. The molecule has 0 aliphatic heterocycles. The first-order chi connectivity index (χ1) is 10.8. The third kappa shape index (κ3) is 15.5. The van der Waals surface area contributed by atoms with Crippen molar-refractivity contribution < 1.29 is 14.2 Å². The summed E-state index contributed by atoms with van der Waals surface area (Å²) in [5, 5.41) is 6.59. The Morgan fingerprint density at radius 3 is 2.14 bits per heavy atom. The highest BCUT2D eigenvalue weighted by molar-refractivity contribution is 5.79. The molecular weight excluding hydrogens is 282 g/mol. The Kier molecular flexibility index (Phi) is 17.5. The van der Waals surface area contributed by atoms with Gasteiger partial charge in [-0.2, -0.15) is 0 Å². The fourth-order valence-electron chi connectivity index (χ4n) is 1.73. The maximum atomic E-state index is 5.52. The van der Waals surface area contributed by atoms with Gasteiger partial charge in [-0.15, -0.1) is 0 Å². The van der Waals surface area contributed by atoms with E-state index in [1.54, 1.807) is 14.2 Å². The number of ether oxygens (including phenoxy) is 3. The molecule has 6 nitrogen and oxygen atoms in total. The van der Waals surface area contributed by atoms with Gasteiger partial charge in [0.15, 0.2) is 5.96 Å². The molecule has 22 heavy (non-hydrogen) atoms. The van der Waals surface area contributed by atoms with Crippen LogP contribution in [0.1, 0.15) is 39.0 Å². The molecule has 0 atom stereocenters. The molecule has 0 amide bonds. The Morgan fingerprint density at radius 1 is 0.818 bits per heavy atom. The fraction of sp³-hybridized carbons (Fsp3) is 0.938. The van der Waals surface area contributed by atoms with Crippen molar-refractivity contribution >= 4 is 5.96 Å². The van der Waals surface area contributed by atoms with Gasteiger partial charge in [0.05, 0.1) is 13.2 Å². The van der Waals surface area contributed by atoms with Crippen LogP contribution in [0.2, 0.25) is 0 Å². The number of rotatable bonds is 15. The van der Waals surface area contributed by atoms with Crippen LogP contribution in [0, 0.1) is 0 Å². The van der Waals surface area contributed by atoms with Crippen molar-refractivity contribution in [2.45, 2.75) is 39.0 Å². The standard InChI is InChI=1S/C16H35N3O3/c1-4-5-11-21-13-8-10-19-16(17-2)18-9-6-7-12-22-15-14-20-3/h4-15H2,1-3H3,(H2,17,18,19). The van der Waals surface area contributed by atoms with Crippen LogP contribution < -0.4 is 10.6 Å². The molecule has 0 aromatic rings. The van der Waals surface area contributed by atoms with Crippen LogP contribution in [-0.4, -0.2) is 66.2 Å². The molecular formula is C16H35N3O3. The Morgan fingerprint density at radius 2 is 1.45 bits per heavy atom. The number of nitrogens with one attached hydrogen (secondary N) is 2. The number of hydrogen-bond donors (Lipinski definition) is 2. The lowest BCUT2D eigenvalue weighted by molar-refractivity contribution is 0.0689. The van der Waals surface area contributed by atoms with E-state index in [0.29, 0.717) is 13.2 Å². The van der Waals surface area contributed by atoms with E-state index in [-0.39, 0.29) is 0 Å².